The van der Waals surface area contributed by atoms with E-state index in [0.717, 1.165) is 17.5 Å². The Bertz CT molecular complexity index is 408. The quantitative estimate of drug-likeness (QED) is 0.733. The van der Waals surface area contributed by atoms with Crippen molar-refractivity contribution in [3.8, 4) is 5.75 Å². The first kappa shape index (κ1) is 11.9. The van der Waals surface area contributed by atoms with Crippen LogP contribution in [-0.2, 0) is 11.3 Å². The van der Waals surface area contributed by atoms with E-state index in [4.69, 9.17) is 0 Å². The lowest BCUT2D eigenvalue weighted by molar-refractivity contribution is -0.122. The van der Waals surface area contributed by atoms with Crippen molar-refractivity contribution in [1.29, 1.82) is 0 Å². The van der Waals surface area contributed by atoms with Gasteiger partial charge in [0.15, 0.2) is 0 Å². The predicted octanol–water partition coefficient (Wildman–Crippen LogP) is 1.07. The summed E-state index contributed by atoms with van der Waals surface area (Å²) in [6.07, 6.45) is 1.44. The van der Waals surface area contributed by atoms with Crippen molar-refractivity contribution in [1.82, 2.24) is 10.6 Å². The average molecular weight is 234 g/mol. The molecule has 1 aromatic carbocycles. The van der Waals surface area contributed by atoms with Crippen molar-refractivity contribution >= 4 is 5.91 Å². The Morgan fingerprint density at radius 2 is 2.35 bits per heavy atom. The molecule has 1 unspecified atom stereocenters. The van der Waals surface area contributed by atoms with Gasteiger partial charge in [-0.15, -0.1) is 0 Å². The number of carbonyl (C=O) groups excluding carboxylic acids is 1. The Morgan fingerprint density at radius 1 is 1.53 bits per heavy atom. The molecule has 1 saturated heterocycles. The van der Waals surface area contributed by atoms with Gasteiger partial charge < -0.3 is 15.7 Å². The second-order valence-corrected chi connectivity index (χ2v) is 4.55. The van der Waals surface area contributed by atoms with Crippen LogP contribution < -0.4 is 10.6 Å². The molecular weight excluding hydrogens is 216 g/mol. The summed E-state index contributed by atoms with van der Waals surface area (Å²) in [7, 11) is 0. The number of aryl methyl sites for hydroxylation is 1. The molecule has 0 radical (unpaired) electrons. The number of amides is 1. The molecule has 0 saturated carbocycles. The largest absolute Gasteiger partial charge is 0.508 e. The van der Waals surface area contributed by atoms with E-state index < -0.39 is 0 Å². The number of hydrogen-bond acceptors (Lipinski definition) is 3. The molecule has 1 aliphatic rings. The van der Waals surface area contributed by atoms with Gasteiger partial charge in [-0.3, -0.25) is 4.79 Å². The Balaban J connectivity index is 1.89. The third-order valence-corrected chi connectivity index (χ3v) is 3.08. The Hall–Kier alpha value is -1.55. The van der Waals surface area contributed by atoms with Gasteiger partial charge in [0.2, 0.25) is 5.91 Å². The summed E-state index contributed by atoms with van der Waals surface area (Å²) < 4.78 is 0. The van der Waals surface area contributed by atoms with Gasteiger partial charge in [0.25, 0.3) is 0 Å². The monoisotopic (exact) mass is 234 g/mol. The number of phenols is 1. The summed E-state index contributed by atoms with van der Waals surface area (Å²) in [6, 6.07) is 5.88. The van der Waals surface area contributed by atoms with E-state index >= 15 is 0 Å². The maximum atomic E-state index is 11.0. The summed E-state index contributed by atoms with van der Waals surface area (Å²) in [5, 5.41) is 15.9. The highest BCUT2D eigenvalue weighted by Crippen LogP contribution is 2.18. The van der Waals surface area contributed by atoms with Gasteiger partial charge in [-0.2, -0.15) is 0 Å². The zero-order valence-electron chi connectivity index (χ0n) is 9.99. The molecule has 2 rings (SSSR count). The van der Waals surface area contributed by atoms with Crippen molar-refractivity contribution in [3.63, 3.8) is 0 Å². The molecule has 4 heteroatoms. The normalized spacial score (nSPS) is 20.1. The molecule has 1 atom stereocenters. The fraction of sp³-hybridized carbons (Fsp3) is 0.462. The van der Waals surface area contributed by atoms with Gasteiger partial charge in [-0.25, -0.2) is 0 Å². The zero-order valence-corrected chi connectivity index (χ0v) is 9.99. The highest BCUT2D eigenvalue weighted by atomic mass is 16.3. The summed E-state index contributed by atoms with van der Waals surface area (Å²) in [5.41, 5.74) is 2.04. The molecule has 1 aromatic rings. The molecule has 1 aliphatic heterocycles. The van der Waals surface area contributed by atoms with Crippen LogP contribution in [0, 0.1) is 6.92 Å². The molecule has 1 amide bonds. The molecule has 4 nitrogen and oxygen atoms in total. The molecule has 92 valence electrons. The van der Waals surface area contributed by atoms with Crippen molar-refractivity contribution < 1.29 is 9.90 Å². The summed E-state index contributed by atoms with van der Waals surface area (Å²) in [5.74, 6) is 0.449. The topological polar surface area (TPSA) is 61.4 Å². The Morgan fingerprint density at radius 3 is 3.06 bits per heavy atom. The summed E-state index contributed by atoms with van der Waals surface area (Å²) in [4.78, 5) is 11.0. The molecule has 0 spiro atoms. The average Bonchev–Trinajstić information content (AvgIpc) is 2.32. The Labute approximate surface area is 101 Å². The SMILES string of the molecule is Cc1ccc(O)c(CNC2CCC(=O)NC2)c1. The lowest BCUT2D eigenvalue weighted by Crippen LogP contribution is -2.45. The van der Waals surface area contributed by atoms with Crippen LogP contribution in [0.15, 0.2) is 18.2 Å². The third-order valence-electron chi connectivity index (χ3n) is 3.08. The highest BCUT2D eigenvalue weighted by molar-refractivity contribution is 5.76. The first-order chi connectivity index (χ1) is 8.15. The number of rotatable bonds is 3. The third kappa shape index (κ3) is 3.20. The highest BCUT2D eigenvalue weighted by Gasteiger charge is 2.17. The number of phenolic OH excluding ortho intramolecular Hbond substituents is 1. The minimum atomic E-state index is 0.126. The van der Waals surface area contributed by atoms with Crippen molar-refractivity contribution in [2.24, 2.45) is 0 Å². The number of hydrogen-bond donors (Lipinski definition) is 3. The van der Waals surface area contributed by atoms with Crippen LogP contribution in [-0.4, -0.2) is 23.6 Å². The number of nitrogens with one attached hydrogen (secondary N) is 2. The molecule has 0 aromatic heterocycles. The van der Waals surface area contributed by atoms with E-state index in [1.807, 2.05) is 19.1 Å². The van der Waals surface area contributed by atoms with E-state index in [1.165, 1.54) is 0 Å². The molecule has 0 aliphatic carbocycles. The van der Waals surface area contributed by atoms with E-state index in [-0.39, 0.29) is 5.91 Å². The maximum Gasteiger partial charge on any atom is 0.220 e. The first-order valence-corrected chi connectivity index (χ1v) is 5.94. The molecular formula is C13H18N2O2. The minimum absolute atomic E-state index is 0.126. The van der Waals surface area contributed by atoms with E-state index in [1.54, 1.807) is 6.07 Å². The lowest BCUT2D eigenvalue weighted by Gasteiger charge is -2.23. The van der Waals surface area contributed by atoms with Gasteiger partial charge in [-0.1, -0.05) is 17.7 Å². The molecule has 1 fully saturated rings. The van der Waals surface area contributed by atoms with Crippen LogP contribution in [0.4, 0.5) is 0 Å². The van der Waals surface area contributed by atoms with E-state index in [9.17, 15) is 9.90 Å². The molecule has 17 heavy (non-hydrogen) atoms. The van der Waals surface area contributed by atoms with Crippen LogP contribution in [0.2, 0.25) is 0 Å². The second kappa shape index (κ2) is 5.19. The number of piperidine rings is 1. The first-order valence-electron chi connectivity index (χ1n) is 5.94. The summed E-state index contributed by atoms with van der Waals surface area (Å²) in [6.45, 7) is 3.31. The number of benzene rings is 1. The standard InChI is InChI=1S/C13H18N2O2/c1-9-2-4-12(16)10(6-9)7-14-11-3-5-13(17)15-8-11/h2,4,6,11,14,16H,3,5,7-8H2,1H3,(H,15,17). The fourth-order valence-electron chi connectivity index (χ4n) is 2.02. The van der Waals surface area contributed by atoms with Crippen molar-refractivity contribution in [2.75, 3.05) is 6.54 Å². The number of carbonyl (C=O) groups is 1. The molecule has 3 N–H and O–H groups in total. The Kier molecular flexibility index (Phi) is 3.64. The van der Waals surface area contributed by atoms with Gasteiger partial charge in [0, 0.05) is 31.1 Å². The fourth-order valence-corrected chi connectivity index (χ4v) is 2.02. The lowest BCUT2D eigenvalue weighted by atomic mass is 10.1. The zero-order chi connectivity index (χ0) is 12.3. The van der Waals surface area contributed by atoms with Crippen molar-refractivity contribution in [2.45, 2.75) is 32.4 Å². The second-order valence-electron chi connectivity index (χ2n) is 4.55. The van der Waals surface area contributed by atoms with Crippen LogP contribution in [0.1, 0.15) is 24.0 Å². The van der Waals surface area contributed by atoms with Crippen molar-refractivity contribution in [3.05, 3.63) is 29.3 Å². The van der Waals surface area contributed by atoms with Gasteiger partial charge >= 0.3 is 0 Å². The summed E-state index contributed by atoms with van der Waals surface area (Å²) >= 11 is 0. The van der Waals surface area contributed by atoms with Crippen LogP contribution in [0.25, 0.3) is 0 Å². The number of aromatic hydroxyl groups is 1. The van der Waals surface area contributed by atoms with Crippen LogP contribution in [0.5, 0.6) is 5.75 Å². The molecule has 1 heterocycles. The van der Waals surface area contributed by atoms with E-state index in [0.29, 0.717) is 31.3 Å². The predicted molar refractivity (Wildman–Crippen MR) is 65.7 cm³/mol. The van der Waals surface area contributed by atoms with E-state index in [2.05, 4.69) is 10.6 Å². The van der Waals surface area contributed by atoms with Crippen LogP contribution >= 0.6 is 0 Å². The van der Waals surface area contributed by atoms with Gasteiger partial charge in [0.1, 0.15) is 5.75 Å². The minimum Gasteiger partial charge on any atom is -0.508 e. The van der Waals surface area contributed by atoms with Gasteiger partial charge in [0.05, 0.1) is 0 Å². The smallest absolute Gasteiger partial charge is 0.220 e. The molecule has 0 bridgehead atoms. The van der Waals surface area contributed by atoms with Gasteiger partial charge in [-0.05, 0) is 19.4 Å². The maximum absolute atomic E-state index is 11.0. The van der Waals surface area contributed by atoms with Crippen LogP contribution in [0.3, 0.4) is 0 Å².